The summed E-state index contributed by atoms with van der Waals surface area (Å²) in [7, 11) is 0. The lowest BCUT2D eigenvalue weighted by Crippen LogP contribution is -2.28. The van der Waals surface area contributed by atoms with Crippen LogP contribution >= 0.6 is 15.9 Å². The number of carboxylic acids is 1. The molecule has 1 aromatic rings. The number of nitrogens with one attached hydrogen (secondary N) is 1. The van der Waals surface area contributed by atoms with Crippen molar-refractivity contribution in [1.82, 2.24) is 5.32 Å². The summed E-state index contributed by atoms with van der Waals surface area (Å²) in [5.41, 5.74) is 0.568. The summed E-state index contributed by atoms with van der Waals surface area (Å²) in [6.07, 6.45) is 3.98. The van der Waals surface area contributed by atoms with Crippen LogP contribution in [0, 0.1) is 0 Å². The van der Waals surface area contributed by atoms with Crippen LogP contribution in [0.25, 0.3) is 6.08 Å². The minimum atomic E-state index is -1.06. The number of hydrogen-bond acceptors (Lipinski definition) is 3. The van der Waals surface area contributed by atoms with Crippen LogP contribution in [0.1, 0.15) is 5.56 Å². The molecule has 0 heterocycles. The Labute approximate surface area is 125 Å². The first kappa shape index (κ1) is 16.0. The molecule has 1 rings (SSSR count). The molecule has 6 heteroatoms. The van der Waals surface area contributed by atoms with Crippen molar-refractivity contribution in [2.45, 2.75) is 0 Å². The van der Waals surface area contributed by atoms with Gasteiger partial charge in [0.05, 0.1) is 4.47 Å². The lowest BCUT2D eigenvalue weighted by Gasteiger charge is -2.11. The molecule has 0 aromatic heterocycles. The molecule has 0 bridgehead atoms. The van der Waals surface area contributed by atoms with Gasteiger partial charge in [-0.15, -0.1) is 6.58 Å². The predicted molar refractivity (Wildman–Crippen MR) is 79.5 cm³/mol. The lowest BCUT2D eigenvalue weighted by atomic mass is 10.2. The van der Waals surface area contributed by atoms with Crippen LogP contribution in [0.2, 0.25) is 0 Å². The van der Waals surface area contributed by atoms with E-state index in [1.165, 1.54) is 6.08 Å². The number of ether oxygens (including phenoxy) is 1. The number of carbonyl (C=O) groups is 2. The standard InChI is InChI=1S/C14H14BrNO4/c1-2-8-16-12(17)9-20-14-10(6-7-13(18)19)4-3-5-11(14)15/h2-7H,1,8-9H2,(H,16,17)(H,18,19). The van der Waals surface area contributed by atoms with E-state index in [9.17, 15) is 9.59 Å². The highest BCUT2D eigenvalue weighted by molar-refractivity contribution is 9.10. The Bertz CT molecular complexity index is 540. The SMILES string of the molecule is C=CCNC(=O)COc1c(Br)cccc1C=CC(=O)O. The fraction of sp³-hybridized carbons (Fsp3) is 0.143. The Morgan fingerprint density at radius 3 is 2.85 bits per heavy atom. The summed E-state index contributed by atoms with van der Waals surface area (Å²) in [5, 5.41) is 11.2. The number of benzene rings is 1. The second-order valence-electron chi connectivity index (χ2n) is 3.71. The number of carbonyl (C=O) groups excluding carboxylic acids is 1. The van der Waals surface area contributed by atoms with Crippen LogP contribution in [0.3, 0.4) is 0 Å². The molecule has 0 unspecified atom stereocenters. The Morgan fingerprint density at radius 1 is 1.45 bits per heavy atom. The number of para-hydroxylation sites is 1. The molecule has 2 N–H and O–H groups in total. The second kappa shape index (κ2) is 8.16. The highest BCUT2D eigenvalue weighted by atomic mass is 79.9. The van der Waals surface area contributed by atoms with Crippen molar-refractivity contribution in [3.05, 3.63) is 47.0 Å². The minimum absolute atomic E-state index is 0.162. The zero-order chi connectivity index (χ0) is 15.0. The third-order valence-corrected chi connectivity index (χ3v) is 2.82. The van der Waals surface area contributed by atoms with Gasteiger partial charge < -0.3 is 15.2 Å². The molecular weight excluding hydrogens is 326 g/mol. The number of hydrogen-bond donors (Lipinski definition) is 2. The molecule has 0 aliphatic heterocycles. The molecule has 20 heavy (non-hydrogen) atoms. The summed E-state index contributed by atoms with van der Waals surface area (Å²) in [5.74, 6) is -0.924. The van der Waals surface area contributed by atoms with E-state index in [1.54, 1.807) is 24.3 Å². The highest BCUT2D eigenvalue weighted by Gasteiger charge is 2.08. The summed E-state index contributed by atoms with van der Waals surface area (Å²) in [6, 6.07) is 5.19. The van der Waals surface area contributed by atoms with E-state index in [-0.39, 0.29) is 12.5 Å². The van der Waals surface area contributed by atoms with E-state index in [2.05, 4.69) is 27.8 Å². The largest absolute Gasteiger partial charge is 0.482 e. The fourth-order valence-electron chi connectivity index (χ4n) is 1.34. The molecule has 0 aliphatic rings. The van der Waals surface area contributed by atoms with Gasteiger partial charge in [0.25, 0.3) is 5.91 Å². The molecule has 106 valence electrons. The summed E-state index contributed by atoms with van der Waals surface area (Å²) >= 11 is 3.30. The van der Waals surface area contributed by atoms with Crippen molar-refractivity contribution in [2.24, 2.45) is 0 Å². The van der Waals surface area contributed by atoms with Gasteiger partial charge in [0.2, 0.25) is 0 Å². The first-order chi connectivity index (χ1) is 9.54. The van der Waals surface area contributed by atoms with Gasteiger partial charge in [0.1, 0.15) is 5.75 Å². The van der Waals surface area contributed by atoms with Gasteiger partial charge in [-0.3, -0.25) is 4.79 Å². The maximum Gasteiger partial charge on any atom is 0.328 e. The average molecular weight is 340 g/mol. The number of amides is 1. The Hall–Kier alpha value is -2.08. The molecule has 0 aliphatic carbocycles. The van der Waals surface area contributed by atoms with Gasteiger partial charge in [-0.2, -0.15) is 0 Å². The summed E-state index contributed by atoms with van der Waals surface area (Å²) < 4.78 is 6.06. The fourth-order valence-corrected chi connectivity index (χ4v) is 1.84. The first-order valence-corrected chi connectivity index (χ1v) is 6.53. The van der Waals surface area contributed by atoms with Crippen molar-refractivity contribution in [1.29, 1.82) is 0 Å². The van der Waals surface area contributed by atoms with E-state index in [4.69, 9.17) is 9.84 Å². The van der Waals surface area contributed by atoms with Crippen LogP contribution in [0.5, 0.6) is 5.75 Å². The third-order valence-electron chi connectivity index (χ3n) is 2.19. The van der Waals surface area contributed by atoms with Crippen molar-refractivity contribution >= 4 is 33.9 Å². The van der Waals surface area contributed by atoms with Gasteiger partial charge in [0, 0.05) is 18.2 Å². The molecule has 0 fully saturated rings. The molecule has 1 amide bonds. The van der Waals surface area contributed by atoms with Crippen molar-refractivity contribution < 1.29 is 19.4 Å². The Balaban J connectivity index is 2.80. The maximum absolute atomic E-state index is 11.5. The molecule has 0 radical (unpaired) electrons. The average Bonchev–Trinajstić information content (AvgIpc) is 2.41. The van der Waals surface area contributed by atoms with E-state index in [0.29, 0.717) is 22.3 Å². The van der Waals surface area contributed by atoms with E-state index in [0.717, 1.165) is 6.08 Å². The maximum atomic E-state index is 11.5. The highest BCUT2D eigenvalue weighted by Crippen LogP contribution is 2.30. The predicted octanol–water partition coefficient (Wildman–Crippen LogP) is 2.23. The Kier molecular flexibility index (Phi) is 6.52. The zero-order valence-corrected chi connectivity index (χ0v) is 12.2. The lowest BCUT2D eigenvalue weighted by molar-refractivity contribution is -0.131. The van der Waals surface area contributed by atoms with E-state index >= 15 is 0 Å². The Morgan fingerprint density at radius 2 is 2.20 bits per heavy atom. The molecular formula is C14H14BrNO4. The first-order valence-electron chi connectivity index (χ1n) is 5.74. The van der Waals surface area contributed by atoms with E-state index in [1.807, 2.05) is 0 Å². The quantitative estimate of drug-likeness (QED) is 0.590. The van der Waals surface area contributed by atoms with Gasteiger partial charge in [-0.05, 0) is 28.1 Å². The monoisotopic (exact) mass is 339 g/mol. The van der Waals surface area contributed by atoms with Crippen LogP contribution in [0.15, 0.2) is 41.4 Å². The number of rotatable bonds is 7. The van der Waals surface area contributed by atoms with Gasteiger partial charge in [-0.1, -0.05) is 18.2 Å². The minimum Gasteiger partial charge on any atom is -0.482 e. The van der Waals surface area contributed by atoms with Gasteiger partial charge in [-0.25, -0.2) is 4.79 Å². The number of carboxylic acid groups (broad SMARTS) is 1. The van der Waals surface area contributed by atoms with Gasteiger partial charge in [0.15, 0.2) is 6.61 Å². The number of halogens is 1. The molecule has 0 saturated carbocycles. The smallest absolute Gasteiger partial charge is 0.328 e. The van der Waals surface area contributed by atoms with Crippen LogP contribution in [-0.4, -0.2) is 30.1 Å². The molecule has 0 atom stereocenters. The van der Waals surface area contributed by atoms with Crippen molar-refractivity contribution in [3.8, 4) is 5.75 Å². The molecule has 0 spiro atoms. The normalized spacial score (nSPS) is 10.2. The van der Waals surface area contributed by atoms with Crippen LogP contribution in [0.4, 0.5) is 0 Å². The van der Waals surface area contributed by atoms with Crippen molar-refractivity contribution in [2.75, 3.05) is 13.2 Å². The number of aliphatic carboxylic acids is 1. The van der Waals surface area contributed by atoms with Gasteiger partial charge >= 0.3 is 5.97 Å². The topological polar surface area (TPSA) is 75.6 Å². The zero-order valence-electron chi connectivity index (χ0n) is 10.6. The summed E-state index contributed by atoms with van der Waals surface area (Å²) in [6.45, 7) is 3.69. The third kappa shape index (κ3) is 5.27. The van der Waals surface area contributed by atoms with Crippen molar-refractivity contribution in [3.63, 3.8) is 0 Å². The molecule has 0 saturated heterocycles. The molecule has 1 aromatic carbocycles. The van der Waals surface area contributed by atoms with E-state index < -0.39 is 5.97 Å². The molecule has 5 nitrogen and oxygen atoms in total. The second-order valence-corrected chi connectivity index (χ2v) is 4.57. The van der Waals surface area contributed by atoms with Crippen LogP contribution in [-0.2, 0) is 9.59 Å². The van der Waals surface area contributed by atoms with Crippen LogP contribution < -0.4 is 10.1 Å². The summed E-state index contributed by atoms with van der Waals surface area (Å²) in [4.78, 5) is 22.0.